The van der Waals surface area contributed by atoms with Gasteiger partial charge in [0.05, 0.1) is 21.8 Å². The Labute approximate surface area is 127 Å². The van der Waals surface area contributed by atoms with Crippen LogP contribution in [0.25, 0.3) is 0 Å². The maximum Gasteiger partial charge on any atom is 0.126 e. The molecule has 0 fully saturated rings. The Morgan fingerprint density at radius 1 is 1.10 bits per heavy atom. The van der Waals surface area contributed by atoms with Gasteiger partial charge in [-0.15, -0.1) is 0 Å². The number of rotatable bonds is 2. The lowest BCUT2D eigenvalue weighted by atomic mass is 9.87. The van der Waals surface area contributed by atoms with E-state index < -0.39 is 5.82 Å². The van der Waals surface area contributed by atoms with E-state index in [9.17, 15) is 4.39 Å². The summed E-state index contributed by atoms with van der Waals surface area (Å²) in [5, 5.41) is 4.01. The number of hydrogen-bond acceptors (Lipinski definition) is 1. The molecule has 20 heavy (non-hydrogen) atoms. The van der Waals surface area contributed by atoms with E-state index in [4.69, 9.17) is 23.2 Å². The highest BCUT2D eigenvalue weighted by Gasteiger charge is 2.21. The van der Waals surface area contributed by atoms with Crippen LogP contribution in [0.1, 0.15) is 30.0 Å². The summed E-state index contributed by atoms with van der Waals surface area (Å²) < 4.78 is 13.2. The van der Waals surface area contributed by atoms with Crippen molar-refractivity contribution >= 4 is 28.9 Å². The zero-order chi connectivity index (χ0) is 14.1. The van der Waals surface area contributed by atoms with Gasteiger partial charge in [0.25, 0.3) is 0 Å². The van der Waals surface area contributed by atoms with Crippen molar-refractivity contribution in [2.45, 2.75) is 25.3 Å². The summed E-state index contributed by atoms with van der Waals surface area (Å²) in [4.78, 5) is 0. The predicted octanol–water partition coefficient (Wildman–Crippen LogP) is 5.62. The molecule has 0 saturated heterocycles. The summed E-state index contributed by atoms with van der Waals surface area (Å²) in [6.07, 6.45) is 3.23. The molecule has 2 aromatic rings. The van der Waals surface area contributed by atoms with Crippen LogP contribution in [0.5, 0.6) is 0 Å². The van der Waals surface area contributed by atoms with Crippen LogP contribution in [-0.2, 0) is 6.42 Å². The first-order chi connectivity index (χ1) is 9.65. The Hall–Kier alpha value is -1.25. The van der Waals surface area contributed by atoms with Crippen LogP contribution in [0.15, 0.2) is 36.4 Å². The molecule has 1 unspecified atom stereocenters. The second-order valence-corrected chi connectivity index (χ2v) is 5.85. The summed E-state index contributed by atoms with van der Waals surface area (Å²) in [7, 11) is 0. The highest BCUT2D eigenvalue weighted by Crippen LogP contribution is 2.38. The van der Waals surface area contributed by atoms with Crippen molar-refractivity contribution in [2.75, 3.05) is 5.32 Å². The lowest BCUT2D eigenvalue weighted by Gasteiger charge is -2.28. The number of aryl methyl sites for hydroxylation is 1. The molecule has 0 spiro atoms. The lowest BCUT2D eigenvalue weighted by molar-refractivity contribution is 0.599. The van der Waals surface area contributed by atoms with E-state index in [-0.39, 0.29) is 6.04 Å². The number of benzene rings is 2. The molecule has 0 aromatic heterocycles. The zero-order valence-electron chi connectivity index (χ0n) is 10.8. The van der Waals surface area contributed by atoms with Gasteiger partial charge in [-0.2, -0.15) is 0 Å². The van der Waals surface area contributed by atoms with E-state index in [1.165, 1.54) is 23.3 Å². The third kappa shape index (κ3) is 2.63. The lowest BCUT2D eigenvalue weighted by Crippen LogP contribution is -2.17. The number of halogens is 3. The van der Waals surface area contributed by atoms with Gasteiger partial charge >= 0.3 is 0 Å². The van der Waals surface area contributed by atoms with Crippen LogP contribution >= 0.6 is 23.2 Å². The molecule has 0 amide bonds. The molecule has 2 aromatic carbocycles. The molecule has 1 nitrogen and oxygen atoms in total. The summed E-state index contributed by atoms with van der Waals surface area (Å²) in [5.74, 6) is -0.422. The summed E-state index contributed by atoms with van der Waals surface area (Å²) in [6, 6.07) is 11.1. The Morgan fingerprint density at radius 3 is 2.55 bits per heavy atom. The van der Waals surface area contributed by atoms with E-state index in [0.29, 0.717) is 15.7 Å². The summed E-state index contributed by atoms with van der Waals surface area (Å²) >= 11 is 12.2. The number of fused-ring (bicyclic) bond motifs is 1. The predicted molar refractivity (Wildman–Crippen MR) is 82.2 cm³/mol. The standard InChI is InChI=1S/C16H14Cl2FN/c17-13-8-11(19)9-14(18)16(13)20-15-7-3-5-10-4-1-2-6-12(10)15/h1-2,4,6,8-9,15,20H,3,5,7H2. The van der Waals surface area contributed by atoms with Crippen LogP contribution in [0, 0.1) is 5.82 Å². The number of anilines is 1. The number of hydrogen-bond donors (Lipinski definition) is 1. The van der Waals surface area contributed by atoms with Crippen LogP contribution in [0.2, 0.25) is 10.0 Å². The van der Waals surface area contributed by atoms with Gasteiger partial charge in [0, 0.05) is 0 Å². The maximum absolute atomic E-state index is 13.2. The fourth-order valence-corrected chi connectivity index (χ4v) is 3.33. The van der Waals surface area contributed by atoms with Gasteiger partial charge in [-0.1, -0.05) is 47.5 Å². The van der Waals surface area contributed by atoms with Crippen molar-refractivity contribution in [3.05, 3.63) is 63.4 Å². The highest BCUT2D eigenvalue weighted by molar-refractivity contribution is 6.39. The van der Waals surface area contributed by atoms with E-state index in [1.807, 2.05) is 6.07 Å². The Balaban J connectivity index is 1.94. The molecule has 0 heterocycles. The first-order valence-corrected chi connectivity index (χ1v) is 7.39. The van der Waals surface area contributed by atoms with Crippen molar-refractivity contribution in [1.29, 1.82) is 0 Å². The molecule has 0 saturated carbocycles. The molecule has 104 valence electrons. The fraction of sp³-hybridized carbons (Fsp3) is 0.250. The first-order valence-electron chi connectivity index (χ1n) is 6.64. The molecule has 0 bridgehead atoms. The monoisotopic (exact) mass is 309 g/mol. The van der Waals surface area contributed by atoms with E-state index in [0.717, 1.165) is 19.3 Å². The van der Waals surface area contributed by atoms with Gasteiger partial charge in [-0.05, 0) is 42.5 Å². The Bertz CT molecular complexity index is 619. The largest absolute Gasteiger partial charge is 0.376 e. The summed E-state index contributed by atoms with van der Waals surface area (Å²) in [6.45, 7) is 0. The topological polar surface area (TPSA) is 12.0 Å². The van der Waals surface area contributed by atoms with Gasteiger partial charge in [-0.25, -0.2) is 4.39 Å². The Kier molecular flexibility index (Phi) is 3.86. The van der Waals surface area contributed by atoms with Gasteiger partial charge < -0.3 is 5.32 Å². The van der Waals surface area contributed by atoms with E-state index >= 15 is 0 Å². The first kappa shape index (κ1) is 13.7. The molecular weight excluding hydrogens is 296 g/mol. The van der Waals surface area contributed by atoms with E-state index in [1.54, 1.807) is 0 Å². The number of nitrogens with one attached hydrogen (secondary N) is 1. The fourth-order valence-electron chi connectivity index (χ4n) is 2.76. The second-order valence-electron chi connectivity index (χ2n) is 5.03. The van der Waals surface area contributed by atoms with Crippen LogP contribution in [0.4, 0.5) is 10.1 Å². The molecule has 0 aliphatic heterocycles. The second kappa shape index (κ2) is 5.63. The third-order valence-electron chi connectivity index (χ3n) is 3.69. The normalized spacial score (nSPS) is 17.6. The molecule has 1 aliphatic carbocycles. The van der Waals surface area contributed by atoms with Gasteiger partial charge in [0.1, 0.15) is 5.82 Å². The molecular formula is C16H14Cl2FN. The smallest absolute Gasteiger partial charge is 0.126 e. The highest BCUT2D eigenvalue weighted by atomic mass is 35.5. The average molecular weight is 310 g/mol. The van der Waals surface area contributed by atoms with Crippen molar-refractivity contribution in [3.63, 3.8) is 0 Å². The maximum atomic E-state index is 13.2. The minimum atomic E-state index is -0.422. The minimum absolute atomic E-state index is 0.167. The summed E-state index contributed by atoms with van der Waals surface area (Å²) in [5.41, 5.74) is 3.23. The SMILES string of the molecule is Fc1cc(Cl)c(NC2CCCc3ccccc32)c(Cl)c1. The zero-order valence-corrected chi connectivity index (χ0v) is 12.3. The van der Waals surface area contributed by atoms with Gasteiger partial charge in [0.2, 0.25) is 0 Å². The Morgan fingerprint density at radius 2 is 1.80 bits per heavy atom. The van der Waals surface area contributed by atoms with Crippen LogP contribution < -0.4 is 5.32 Å². The third-order valence-corrected chi connectivity index (χ3v) is 4.29. The average Bonchev–Trinajstić information content (AvgIpc) is 2.43. The molecule has 1 atom stereocenters. The molecule has 1 N–H and O–H groups in total. The molecule has 4 heteroatoms. The van der Waals surface area contributed by atoms with Gasteiger partial charge in [0.15, 0.2) is 0 Å². The molecule has 0 radical (unpaired) electrons. The quantitative estimate of drug-likeness (QED) is 0.759. The van der Waals surface area contributed by atoms with Crippen molar-refractivity contribution in [3.8, 4) is 0 Å². The van der Waals surface area contributed by atoms with Crippen LogP contribution in [0.3, 0.4) is 0 Å². The molecule has 3 rings (SSSR count). The van der Waals surface area contributed by atoms with Crippen molar-refractivity contribution < 1.29 is 4.39 Å². The van der Waals surface area contributed by atoms with Gasteiger partial charge in [-0.3, -0.25) is 0 Å². The van der Waals surface area contributed by atoms with Crippen molar-refractivity contribution in [2.24, 2.45) is 0 Å². The van der Waals surface area contributed by atoms with E-state index in [2.05, 4.69) is 23.5 Å². The minimum Gasteiger partial charge on any atom is -0.376 e. The molecule has 1 aliphatic rings. The van der Waals surface area contributed by atoms with Crippen LogP contribution in [-0.4, -0.2) is 0 Å². The van der Waals surface area contributed by atoms with Crippen molar-refractivity contribution in [1.82, 2.24) is 0 Å².